The van der Waals surface area contributed by atoms with Crippen LogP contribution in [0, 0.1) is 0 Å². The number of methoxy groups -OCH3 is 2. The number of hydrogen-bond acceptors (Lipinski definition) is 5. The van der Waals surface area contributed by atoms with Crippen LogP contribution >= 0.6 is 0 Å². The zero-order valence-corrected chi connectivity index (χ0v) is 19.4. The third-order valence-electron chi connectivity index (χ3n) is 7.08. The van der Waals surface area contributed by atoms with E-state index >= 15 is 0 Å². The second kappa shape index (κ2) is 7.80. The minimum Gasteiger partial charge on any atom is -0.504 e. The van der Waals surface area contributed by atoms with Gasteiger partial charge in [0.25, 0.3) is 0 Å². The Bertz CT molecular complexity index is 1260. The first-order valence-corrected chi connectivity index (χ1v) is 11.2. The van der Waals surface area contributed by atoms with Gasteiger partial charge in [0, 0.05) is 44.1 Å². The van der Waals surface area contributed by atoms with Crippen LogP contribution in [0.3, 0.4) is 0 Å². The van der Waals surface area contributed by atoms with Gasteiger partial charge in [-0.1, -0.05) is 12.1 Å². The molecule has 0 amide bonds. The molecule has 0 bridgehead atoms. The molecule has 0 radical (unpaired) electrons. The van der Waals surface area contributed by atoms with Gasteiger partial charge in [-0.2, -0.15) is 0 Å². The van der Waals surface area contributed by atoms with Crippen molar-refractivity contribution >= 4 is 5.71 Å². The standard InChI is InChI=1S/C27H28N2O4/c1-27(2)24-18(8-9-23(32-3)26(24)33-4)20(14-17-7-5-6-11-28-17)25-19-15-22(31)21(30)13-16(19)10-12-29(25)27/h5-9,11,13,15,20,31H,10,12,14H2,1-4H3/p+1. The van der Waals surface area contributed by atoms with Gasteiger partial charge in [0.1, 0.15) is 6.54 Å². The minimum absolute atomic E-state index is 0.00859. The van der Waals surface area contributed by atoms with E-state index in [1.54, 1.807) is 26.4 Å². The summed E-state index contributed by atoms with van der Waals surface area (Å²) in [6.07, 6.45) is 3.29. The predicted octanol–water partition coefficient (Wildman–Crippen LogP) is 4.14. The van der Waals surface area contributed by atoms with Crippen LogP contribution in [0.5, 0.6) is 23.0 Å². The highest BCUT2D eigenvalue weighted by Crippen LogP contribution is 2.50. The van der Waals surface area contributed by atoms with Crippen LogP contribution in [0.1, 0.15) is 47.7 Å². The fraction of sp³-hybridized carbons (Fsp3) is 0.333. The summed E-state index contributed by atoms with van der Waals surface area (Å²) < 4.78 is 14.0. The first-order valence-electron chi connectivity index (χ1n) is 11.2. The second-order valence-electron chi connectivity index (χ2n) is 9.19. The Morgan fingerprint density at radius 3 is 2.55 bits per heavy atom. The molecule has 2 aliphatic rings. The van der Waals surface area contributed by atoms with Crippen LogP contribution in [0.15, 0.2) is 48.7 Å². The molecule has 2 N–H and O–H groups in total. The Kier molecular flexibility index (Phi) is 5.04. The van der Waals surface area contributed by atoms with Crippen molar-refractivity contribution in [3.05, 3.63) is 76.6 Å². The van der Waals surface area contributed by atoms with E-state index < -0.39 is 0 Å². The Hall–Kier alpha value is -3.54. The fourth-order valence-electron chi connectivity index (χ4n) is 5.60. The fourth-order valence-corrected chi connectivity index (χ4v) is 5.60. The Morgan fingerprint density at radius 2 is 1.85 bits per heavy atom. The van der Waals surface area contributed by atoms with Crippen molar-refractivity contribution < 1.29 is 24.3 Å². The van der Waals surface area contributed by atoms with Gasteiger partial charge in [-0.05, 0) is 41.5 Å². The van der Waals surface area contributed by atoms with Crippen molar-refractivity contribution in [3.8, 4) is 23.0 Å². The smallest absolute Gasteiger partial charge is 0.192 e. The van der Waals surface area contributed by atoms with Gasteiger partial charge in [-0.15, -0.1) is 0 Å². The van der Waals surface area contributed by atoms with E-state index in [1.807, 2.05) is 30.5 Å². The maximum absolute atomic E-state index is 10.4. The lowest BCUT2D eigenvalue weighted by Gasteiger charge is -2.39. The van der Waals surface area contributed by atoms with Gasteiger partial charge in [-0.25, -0.2) is 4.58 Å². The van der Waals surface area contributed by atoms with Gasteiger partial charge in [0.15, 0.2) is 34.2 Å². The summed E-state index contributed by atoms with van der Waals surface area (Å²) >= 11 is 0. The van der Waals surface area contributed by atoms with E-state index in [9.17, 15) is 10.2 Å². The van der Waals surface area contributed by atoms with E-state index in [2.05, 4.69) is 29.5 Å². The lowest BCUT2D eigenvalue weighted by atomic mass is 9.72. The summed E-state index contributed by atoms with van der Waals surface area (Å²) in [7, 11) is 3.35. The van der Waals surface area contributed by atoms with Crippen molar-refractivity contribution in [1.82, 2.24) is 4.98 Å². The van der Waals surface area contributed by atoms with Gasteiger partial charge in [0.2, 0.25) is 0 Å². The highest BCUT2D eigenvalue weighted by molar-refractivity contribution is 6.05. The van der Waals surface area contributed by atoms with Crippen LogP contribution in [0.4, 0.5) is 0 Å². The largest absolute Gasteiger partial charge is 0.504 e. The van der Waals surface area contributed by atoms with Crippen LogP contribution in [0.25, 0.3) is 0 Å². The number of aromatic nitrogens is 1. The third-order valence-corrected chi connectivity index (χ3v) is 7.08. The number of rotatable bonds is 4. The summed E-state index contributed by atoms with van der Waals surface area (Å²) in [5, 5.41) is 20.5. The van der Waals surface area contributed by atoms with E-state index in [0.29, 0.717) is 12.2 Å². The topological polar surface area (TPSA) is 74.8 Å². The van der Waals surface area contributed by atoms with E-state index in [4.69, 9.17) is 9.47 Å². The van der Waals surface area contributed by atoms with Gasteiger partial charge in [0.05, 0.1) is 25.7 Å². The minimum atomic E-state index is -0.379. The van der Waals surface area contributed by atoms with Crippen LogP contribution in [-0.2, 0) is 18.4 Å². The molecule has 0 saturated carbocycles. The quantitative estimate of drug-likeness (QED) is 0.466. The first kappa shape index (κ1) is 21.3. The molecule has 3 aromatic rings. The molecule has 0 fully saturated rings. The molecule has 1 unspecified atom stereocenters. The lowest BCUT2D eigenvalue weighted by Crippen LogP contribution is -2.49. The number of benzene rings is 2. The Labute approximate surface area is 193 Å². The summed E-state index contributed by atoms with van der Waals surface area (Å²) in [5.41, 5.74) is 6.05. The molecule has 0 aliphatic carbocycles. The van der Waals surface area contributed by atoms with E-state index in [0.717, 1.165) is 52.4 Å². The Balaban J connectivity index is 1.81. The van der Waals surface area contributed by atoms with Crippen molar-refractivity contribution in [2.45, 2.75) is 38.1 Å². The third kappa shape index (κ3) is 3.24. The average molecular weight is 446 g/mol. The highest BCUT2D eigenvalue weighted by Gasteiger charge is 2.50. The zero-order valence-electron chi connectivity index (χ0n) is 19.4. The number of phenols is 2. The summed E-state index contributed by atoms with van der Waals surface area (Å²) in [6, 6.07) is 13.5. The molecule has 170 valence electrons. The molecule has 33 heavy (non-hydrogen) atoms. The van der Waals surface area contributed by atoms with Crippen molar-refractivity contribution in [2.75, 3.05) is 20.8 Å². The number of hydrogen-bond donors (Lipinski definition) is 2. The molecule has 3 heterocycles. The molecule has 2 aliphatic heterocycles. The van der Waals surface area contributed by atoms with Gasteiger partial charge < -0.3 is 19.7 Å². The number of ether oxygens (including phenoxy) is 2. The molecule has 1 aromatic heterocycles. The highest BCUT2D eigenvalue weighted by atomic mass is 16.5. The maximum Gasteiger partial charge on any atom is 0.192 e. The normalized spacial score (nSPS) is 18.2. The monoisotopic (exact) mass is 445 g/mol. The van der Waals surface area contributed by atoms with Crippen molar-refractivity contribution in [2.24, 2.45) is 0 Å². The SMILES string of the molecule is COc1ccc2c(c1OC)C(C)(C)[N+]1=C(c3cc(O)c(O)cc3CC1)C2Cc1ccccn1. The summed E-state index contributed by atoms with van der Waals surface area (Å²) in [4.78, 5) is 4.61. The van der Waals surface area contributed by atoms with Crippen LogP contribution in [0.2, 0.25) is 0 Å². The molecule has 5 rings (SSSR count). The van der Waals surface area contributed by atoms with E-state index in [1.165, 1.54) is 0 Å². The molecular formula is C27H29N2O4+. The number of phenolic OH excluding ortho intramolecular Hbond substituents is 2. The molecule has 6 nitrogen and oxygen atoms in total. The number of pyridine rings is 1. The molecule has 1 atom stereocenters. The van der Waals surface area contributed by atoms with Gasteiger partial charge >= 0.3 is 0 Å². The van der Waals surface area contributed by atoms with Crippen LogP contribution in [-0.4, -0.2) is 46.2 Å². The lowest BCUT2D eigenvalue weighted by molar-refractivity contribution is -0.614. The maximum atomic E-state index is 10.4. The number of aromatic hydroxyl groups is 2. The zero-order chi connectivity index (χ0) is 23.3. The Morgan fingerprint density at radius 1 is 1.06 bits per heavy atom. The molecule has 2 aromatic carbocycles. The second-order valence-corrected chi connectivity index (χ2v) is 9.19. The summed E-state index contributed by atoms with van der Waals surface area (Å²) in [6.45, 7) is 5.20. The van der Waals surface area contributed by atoms with Crippen LogP contribution < -0.4 is 9.47 Å². The average Bonchev–Trinajstić information content (AvgIpc) is 2.82. The first-order chi connectivity index (χ1) is 15.9. The molecular weight excluding hydrogens is 416 g/mol. The van der Waals surface area contributed by atoms with Crippen molar-refractivity contribution in [3.63, 3.8) is 0 Å². The summed E-state index contributed by atoms with van der Waals surface area (Å²) in [5.74, 6) is 1.28. The molecule has 0 saturated heterocycles. The number of nitrogens with zero attached hydrogens (tertiary/aromatic N) is 2. The van der Waals surface area contributed by atoms with Crippen molar-refractivity contribution in [1.29, 1.82) is 0 Å². The molecule has 0 spiro atoms. The predicted molar refractivity (Wildman–Crippen MR) is 126 cm³/mol. The van der Waals surface area contributed by atoms with Gasteiger partial charge in [-0.3, -0.25) is 4.98 Å². The van der Waals surface area contributed by atoms with E-state index in [-0.39, 0.29) is 23.0 Å². The number of fused-ring (bicyclic) bond motifs is 3. The molecule has 6 heteroatoms.